The summed E-state index contributed by atoms with van der Waals surface area (Å²) in [6.45, 7) is 7.28. The minimum atomic E-state index is -4.97. The standard InChI is InChI=1S/C82H156O17P2/c1-6-9-12-15-18-21-24-27-29-30-31-32-34-36-42-47-52-57-62-67-81(86)98-78(72-93-80(85)66-61-56-51-46-41-35-33-28-25-22-19-16-13-10-7-2)74-97-101(90,91)95-70-76(83)69-94-100(88,89)96-73-77(71-92-79(84)65-60-55-50-45-40-26-23-20-17-14-11-8-3)99-82(87)68-63-58-53-48-43-38-37-39-44-49-54-59-64-75(4)5/h22,25,28,33,75-78,83H,6-21,23-24,26-27,29-32,34-74H2,1-5H3,(H,88,89)(H,90,91)/b25-22-,33-28-/t76-,77+,78+/m0/s1. The molecule has 0 saturated heterocycles. The first kappa shape index (κ1) is 98.5. The number of aliphatic hydroxyl groups is 1. The summed E-state index contributed by atoms with van der Waals surface area (Å²) in [5.74, 6) is -1.36. The topological polar surface area (TPSA) is 237 Å². The second-order valence-corrected chi connectivity index (χ2v) is 32.2. The van der Waals surface area contributed by atoms with Crippen LogP contribution in [0.5, 0.6) is 0 Å². The first-order valence-electron chi connectivity index (χ1n) is 42.0. The smallest absolute Gasteiger partial charge is 0.462 e. The molecule has 0 aliphatic heterocycles. The Morgan fingerprint density at radius 1 is 0.307 bits per heavy atom. The van der Waals surface area contributed by atoms with E-state index in [0.717, 1.165) is 115 Å². The average molecular weight is 1480 g/mol. The Balaban J connectivity index is 5.29. The van der Waals surface area contributed by atoms with Crippen LogP contribution < -0.4 is 0 Å². The second-order valence-electron chi connectivity index (χ2n) is 29.3. The van der Waals surface area contributed by atoms with E-state index in [1.807, 2.05) is 0 Å². The maximum Gasteiger partial charge on any atom is 0.472 e. The van der Waals surface area contributed by atoms with Crippen molar-refractivity contribution in [1.29, 1.82) is 0 Å². The van der Waals surface area contributed by atoms with E-state index < -0.39 is 97.5 Å². The van der Waals surface area contributed by atoms with E-state index in [2.05, 4.69) is 58.9 Å². The highest BCUT2D eigenvalue weighted by molar-refractivity contribution is 7.47. The summed E-state index contributed by atoms with van der Waals surface area (Å²) in [6, 6.07) is 0. The lowest BCUT2D eigenvalue weighted by molar-refractivity contribution is -0.161. The number of ether oxygens (including phenoxy) is 4. The molecule has 0 amide bonds. The van der Waals surface area contributed by atoms with Crippen LogP contribution in [0.25, 0.3) is 0 Å². The highest BCUT2D eigenvalue weighted by Gasteiger charge is 2.30. The molecule has 5 atom stereocenters. The van der Waals surface area contributed by atoms with E-state index in [9.17, 15) is 43.2 Å². The molecule has 0 aliphatic rings. The maximum atomic E-state index is 13.1. The van der Waals surface area contributed by atoms with E-state index in [1.165, 1.54) is 218 Å². The predicted octanol–water partition coefficient (Wildman–Crippen LogP) is 24.4. The van der Waals surface area contributed by atoms with Crippen LogP contribution in [-0.4, -0.2) is 96.7 Å². The van der Waals surface area contributed by atoms with Crippen LogP contribution in [0.15, 0.2) is 24.3 Å². The van der Waals surface area contributed by atoms with Gasteiger partial charge in [-0.05, 0) is 57.3 Å². The van der Waals surface area contributed by atoms with Crippen molar-refractivity contribution in [2.45, 2.75) is 432 Å². The van der Waals surface area contributed by atoms with Gasteiger partial charge in [0.05, 0.1) is 26.4 Å². The normalized spacial score (nSPS) is 14.0. The zero-order valence-electron chi connectivity index (χ0n) is 65.5. The molecule has 19 heteroatoms. The van der Waals surface area contributed by atoms with Gasteiger partial charge in [-0.2, -0.15) is 0 Å². The molecular weight excluding hydrogens is 1320 g/mol. The molecule has 0 spiro atoms. The fourth-order valence-corrected chi connectivity index (χ4v) is 13.8. The number of hydrogen-bond acceptors (Lipinski definition) is 15. The molecule has 0 aliphatic carbocycles. The third-order valence-corrected chi connectivity index (χ3v) is 20.6. The van der Waals surface area contributed by atoms with E-state index in [1.54, 1.807) is 0 Å². The van der Waals surface area contributed by atoms with Gasteiger partial charge in [-0.1, -0.05) is 361 Å². The van der Waals surface area contributed by atoms with Gasteiger partial charge >= 0.3 is 39.5 Å². The lowest BCUT2D eigenvalue weighted by Crippen LogP contribution is -2.30. The highest BCUT2D eigenvalue weighted by Crippen LogP contribution is 2.45. The monoisotopic (exact) mass is 1480 g/mol. The van der Waals surface area contributed by atoms with Crippen molar-refractivity contribution in [2.75, 3.05) is 39.6 Å². The molecule has 2 unspecified atom stereocenters. The fraction of sp³-hybridized carbons (Fsp3) is 0.902. The molecule has 0 saturated carbocycles. The van der Waals surface area contributed by atoms with Gasteiger partial charge in [0, 0.05) is 25.7 Å². The third kappa shape index (κ3) is 75.6. The van der Waals surface area contributed by atoms with Crippen molar-refractivity contribution in [3.63, 3.8) is 0 Å². The SMILES string of the molecule is CCCCCC/C=C\C=C/CCCCCCCC(=O)OC[C@H](COP(=O)(O)OC[C@@H](O)COP(=O)(O)OC[C@@H](COC(=O)CCCCCCCCCCCCCC)OC(=O)CCCCCCCCCCCCCCC(C)C)OC(=O)CCCCCCCCCCCCCCCCCCCCC. The highest BCUT2D eigenvalue weighted by atomic mass is 31.2. The zero-order chi connectivity index (χ0) is 74.1. The molecular formula is C82H156O17P2. The Labute approximate surface area is 618 Å². The van der Waals surface area contributed by atoms with Crippen molar-refractivity contribution < 1.29 is 80.2 Å². The molecule has 17 nitrogen and oxygen atoms in total. The number of aliphatic hydroxyl groups excluding tert-OH is 1. The molecule has 0 bridgehead atoms. The Morgan fingerprint density at radius 3 is 0.812 bits per heavy atom. The lowest BCUT2D eigenvalue weighted by Gasteiger charge is -2.21. The quantitative estimate of drug-likeness (QED) is 0.0169. The summed E-state index contributed by atoms with van der Waals surface area (Å²) in [5, 5.41) is 10.6. The number of carbonyl (C=O) groups is 4. The molecule has 0 aromatic carbocycles. The minimum absolute atomic E-state index is 0.102. The largest absolute Gasteiger partial charge is 0.472 e. The van der Waals surface area contributed by atoms with E-state index in [0.29, 0.717) is 25.7 Å². The Hall–Kier alpha value is -2.46. The second kappa shape index (κ2) is 74.4. The van der Waals surface area contributed by atoms with Crippen LogP contribution >= 0.6 is 15.6 Å². The van der Waals surface area contributed by atoms with Crippen LogP contribution in [0, 0.1) is 5.92 Å². The number of phosphoric ester groups is 2. The van der Waals surface area contributed by atoms with Crippen LogP contribution in [0.3, 0.4) is 0 Å². The van der Waals surface area contributed by atoms with Gasteiger partial charge in [-0.3, -0.25) is 37.3 Å². The summed E-state index contributed by atoms with van der Waals surface area (Å²) in [4.78, 5) is 73.1. The number of hydrogen-bond donors (Lipinski definition) is 3. The third-order valence-electron chi connectivity index (χ3n) is 18.7. The summed E-state index contributed by atoms with van der Waals surface area (Å²) in [6.07, 6.45) is 68.7. The number of allylic oxidation sites excluding steroid dienone is 4. The van der Waals surface area contributed by atoms with E-state index >= 15 is 0 Å². The number of rotatable bonds is 80. The summed E-state index contributed by atoms with van der Waals surface area (Å²) in [7, 11) is -9.93. The predicted molar refractivity (Wildman–Crippen MR) is 414 cm³/mol. The van der Waals surface area contributed by atoms with Crippen molar-refractivity contribution in [3.05, 3.63) is 24.3 Å². The van der Waals surface area contributed by atoms with Gasteiger partial charge < -0.3 is 33.8 Å². The molecule has 0 aromatic rings. The molecule has 0 fully saturated rings. The van der Waals surface area contributed by atoms with Crippen molar-refractivity contribution >= 4 is 39.5 Å². The Bertz CT molecular complexity index is 2020. The van der Waals surface area contributed by atoms with Gasteiger partial charge in [0.2, 0.25) is 0 Å². The van der Waals surface area contributed by atoms with Gasteiger partial charge in [-0.25, -0.2) is 9.13 Å². The van der Waals surface area contributed by atoms with Gasteiger partial charge in [0.25, 0.3) is 0 Å². The van der Waals surface area contributed by atoms with Crippen molar-refractivity contribution in [1.82, 2.24) is 0 Å². The Morgan fingerprint density at radius 2 is 0.535 bits per heavy atom. The van der Waals surface area contributed by atoms with Crippen LogP contribution in [0.1, 0.15) is 413 Å². The van der Waals surface area contributed by atoms with Crippen molar-refractivity contribution in [2.24, 2.45) is 5.92 Å². The molecule has 0 heterocycles. The van der Waals surface area contributed by atoms with E-state index in [4.69, 9.17) is 37.0 Å². The number of carbonyl (C=O) groups excluding carboxylic acids is 4. The average Bonchev–Trinajstić information content (AvgIpc) is 0.924. The molecule has 0 rings (SSSR count). The van der Waals surface area contributed by atoms with Crippen LogP contribution in [0.4, 0.5) is 0 Å². The van der Waals surface area contributed by atoms with Crippen LogP contribution in [0.2, 0.25) is 0 Å². The van der Waals surface area contributed by atoms with Crippen molar-refractivity contribution in [3.8, 4) is 0 Å². The van der Waals surface area contributed by atoms with Crippen LogP contribution in [-0.2, 0) is 65.4 Å². The maximum absolute atomic E-state index is 13.1. The van der Waals surface area contributed by atoms with E-state index in [-0.39, 0.29) is 25.7 Å². The molecule has 101 heavy (non-hydrogen) atoms. The first-order valence-corrected chi connectivity index (χ1v) is 44.9. The zero-order valence-corrected chi connectivity index (χ0v) is 67.3. The summed E-state index contributed by atoms with van der Waals surface area (Å²) in [5.41, 5.74) is 0. The van der Waals surface area contributed by atoms with Gasteiger partial charge in [-0.15, -0.1) is 0 Å². The number of phosphoric acid groups is 2. The lowest BCUT2D eigenvalue weighted by atomic mass is 10.0. The molecule has 0 radical (unpaired) electrons. The number of unbranched alkanes of at least 4 members (excludes halogenated alkanes) is 49. The molecule has 3 N–H and O–H groups in total. The summed E-state index contributed by atoms with van der Waals surface area (Å²) < 4.78 is 68.7. The van der Waals surface area contributed by atoms with Gasteiger partial charge in [0.1, 0.15) is 19.3 Å². The first-order chi connectivity index (χ1) is 49.0. The van der Waals surface area contributed by atoms with Gasteiger partial charge in [0.15, 0.2) is 12.2 Å². The Kier molecular flexibility index (Phi) is 72.6. The number of esters is 4. The molecule has 596 valence electrons. The fourth-order valence-electron chi connectivity index (χ4n) is 12.2. The minimum Gasteiger partial charge on any atom is -0.462 e. The summed E-state index contributed by atoms with van der Waals surface area (Å²) >= 11 is 0. The molecule has 0 aromatic heterocycles.